The smallest absolute Gasteiger partial charge is 0.383 e. The number of methoxy groups -OCH3 is 1. The first kappa shape index (κ1) is 22.7. The normalized spacial score (nSPS) is 17.7. The summed E-state index contributed by atoms with van der Waals surface area (Å²) < 4.78 is 50.5. The molecule has 3 aromatic rings. The fourth-order valence-electron chi connectivity index (χ4n) is 3.88. The minimum Gasteiger partial charge on any atom is -0.383 e. The van der Waals surface area contributed by atoms with Crippen molar-refractivity contribution in [2.24, 2.45) is 0 Å². The summed E-state index contributed by atoms with van der Waals surface area (Å²) in [5.41, 5.74) is -0.159. The second kappa shape index (κ2) is 8.11. The number of aryl methyl sites for hydroxylation is 2. The maximum atomic E-state index is 14.8. The number of benzene rings is 1. The van der Waals surface area contributed by atoms with Crippen LogP contribution >= 0.6 is 0 Å². The summed E-state index contributed by atoms with van der Waals surface area (Å²) in [6, 6.07) is 8.47. The molecule has 33 heavy (non-hydrogen) atoms. The Morgan fingerprint density at radius 1 is 1.21 bits per heavy atom. The van der Waals surface area contributed by atoms with Crippen molar-refractivity contribution in [2.45, 2.75) is 25.7 Å². The van der Waals surface area contributed by atoms with Crippen molar-refractivity contribution >= 4 is 28.5 Å². The molecule has 0 spiro atoms. The predicted molar refractivity (Wildman–Crippen MR) is 123 cm³/mol. The van der Waals surface area contributed by atoms with Crippen LogP contribution in [0.15, 0.2) is 49.2 Å². The van der Waals surface area contributed by atoms with Crippen molar-refractivity contribution in [3.63, 3.8) is 0 Å². The first-order valence-corrected chi connectivity index (χ1v) is 10.3. The lowest BCUT2D eigenvalue weighted by Gasteiger charge is -2.36. The van der Waals surface area contributed by atoms with Gasteiger partial charge < -0.3 is 20.7 Å². The predicted octanol–water partition coefficient (Wildman–Crippen LogP) is 4.52. The van der Waals surface area contributed by atoms with Crippen LogP contribution in [-0.4, -0.2) is 41.0 Å². The topological polar surface area (TPSA) is 76.0 Å². The molecule has 0 amide bonds. The van der Waals surface area contributed by atoms with Crippen LogP contribution in [-0.2, 0) is 10.4 Å². The van der Waals surface area contributed by atoms with Gasteiger partial charge in [0.05, 0.1) is 34.7 Å². The lowest BCUT2D eigenvalue weighted by molar-refractivity contribution is -0.203. The number of halogens is 3. The summed E-state index contributed by atoms with van der Waals surface area (Å²) in [6.07, 6.45) is -4.77. The van der Waals surface area contributed by atoms with Gasteiger partial charge in [0.25, 0.3) is 5.66 Å². The molecular formula is C23H25F3N6O. The lowest BCUT2D eigenvalue weighted by Crippen LogP contribution is -2.56. The molecule has 0 fully saturated rings. The van der Waals surface area contributed by atoms with E-state index >= 15 is 0 Å². The van der Waals surface area contributed by atoms with E-state index in [4.69, 9.17) is 4.74 Å². The van der Waals surface area contributed by atoms with Crippen LogP contribution in [0.3, 0.4) is 0 Å². The van der Waals surface area contributed by atoms with Gasteiger partial charge in [-0.2, -0.15) is 13.2 Å². The summed E-state index contributed by atoms with van der Waals surface area (Å²) >= 11 is 0. The number of alkyl halides is 3. The van der Waals surface area contributed by atoms with E-state index in [0.717, 1.165) is 15.7 Å². The summed E-state index contributed by atoms with van der Waals surface area (Å²) in [7, 11) is 1.58. The van der Waals surface area contributed by atoms with Crippen LogP contribution in [0.4, 0.5) is 24.9 Å². The average Bonchev–Trinajstić information content (AvgIpc) is 3.22. The Labute approximate surface area is 189 Å². The SMILES string of the molecule is C=C(NC1(C(F)(F)F)C(=C)Nc2nc3cc(C)c(C)cc3n21)c1cccc(NCCOC)n1. The number of nitrogens with zero attached hydrogens (tertiary/aromatic N) is 3. The number of hydrogen-bond donors (Lipinski definition) is 3. The molecule has 0 aliphatic carbocycles. The molecule has 0 saturated heterocycles. The van der Waals surface area contributed by atoms with Crippen LogP contribution in [0.2, 0.25) is 0 Å². The minimum atomic E-state index is -4.77. The van der Waals surface area contributed by atoms with Crippen molar-refractivity contribution in [3.8, 4) is 0 Å². The van der Waals surface area contributed by atoms with Gasteiger partial charge in [0, 0.05) is 13.7 Å². The van der Waals surface area contributed by atoms with Crippen molar-refractivity contribution < 1.29 is 17.9 Å². The molecule has 1 aliphatic heterocycles. The zero-order valence-electron chi connectivity index (χ0n) is 18.6. The van der Waals surface area contributed by atoms with Gasteiger partial charge >= 0.3 is 6.18 Å². The summed E-state index contributed by atoms with van der Waals surface area (Å²) in [6.45, 7) is 12.2. The van der Waals surface area contributed by atoms with E-state index < -0.39 is 11.8 Å². The highest BCUT2D eigenvalue weighted by Gasteiger charge is 2.63. The number of anilines is 2. The van der Waals surface area contributed by atoms with Gasteiger partial charge in [-0.3, -0.25) is 4.57 Å². The molecule has 1 atom stereocenters. The molecule has 1 aromatic carbocycles. The van der Waals surface area contributed by atoms with Crippen LogP contribution < -0.4 is 16.0 Å². The third-order valence-corrected chi connectivity index (χ3v) is 5.72. The third-order valence-electron chi connectivity index (χ3n) is 5.72. The minimum absolute atomic E-state index is 0.01000. The number of ether oxygens (including phenoxy) is 1. The number of aromatic nitrogens is 3. The van der Waals surface area contributed by atoms with E-state index in [9.17, 15) is 13.2 Å². The molecule has 0 bridgehead atoms. The second-order valence-corrected chi connectivity index (χ2v) is 7.94. The van der Waals surface area contributed by atoms with Gasteiger partial charge in [-0.15, -0.1) is 0 Å². The molecule has 3 N–H and O–H groups in total. The molecule has 1 aliphatic rings. The fraction of sp³-hybridized carbons (Fsp3) is 0.304. The van der Waals surface area contributed by atoms with Gasteiger partial charge in [0.2, 0.25) is 5.95 Å². The number of rotatable bonds is 7. The Morgan fingerprint density at radius 3 is 2.64 bits per heavy atom. The highest BCUT2D eigenvalue weighted by molar-refractivity contribution is 5.83. The summed E-state index contributed by atoms with van der Waals surface area (Å²) in [4.78, 5) is 8.76. The molecule has 2 aromatic heterocycles. The van der Waals surface area contributed by atoms with E-state index in [-0.39, 0.29) is 23.0 Å². The van der Waals surface area contributed by atoms with Gasteiger partial charge in [-0.25, -0.2) is 9.97 Å². The van der Waals surface area contributed by atoms with E-state index in [0.29, 0.717) is 30.0 Å². The first-order valence-electron chi connectivity index (χ1n) is 10.3. The van der Waals surface area contributed by atoms with E-state index in [1.54, 1.807) is 37.4 Å². The Hall–Kier alpha value is -3.53. The van der Waals surface area contributed by atoms with Crippen LogP contribution in [0.5, 0.6) is 0 Å². The van der Waals surface area contributed by atoms with Gasteiger partial charge in [-0.05, 0) is 49.2 Å². The summed E-state index contributed by atoms with van der Waals surface area (Å²) in [5, 5.41) is 8.36. The van der Waals surface area contributed by atoms with Crippen molar-refractivity contribution in [2.75, 3.05) is 30.9 Å². The highest BCUT2D eigenvalue weighted by atomic mass is 19.4. The summed E-state index contributed by atoms with van der Waals surface area (Å²) in [5.74, 6) is 0.553. The number of hydrogen-bond acceptors (Lipinski definition) is 6. The number of nitrogens with one attached hydrogen (secondary N) is 3. The van der Waals surface area contributed by atoms with Gasteiger partial charge in [-0.1, -0.05) is 19.2 Å². The Kier molecular flexibility index (Phi) is 5.57. The molecule has 7 nitrogen and oxygen atoms in total. The maximum absolute atomic E-state index is 14.8. The average molecular weight is 458 g/mol. The standard InChI is InChI=1S/C23H25F3N6O/c1-13-11-18-19(12-14(13)2)32-21(30-18)28-16(4)22(32,23(24,25)26)31-15(3)17-7-6-8-20(29-17)27-9-10-33-5/h6-8,11-12,31H,3-4,9-10H2,1-2,5H3,(H,27,29)(H,28,30). The van der Waals surface area contributed by atoms with Crippen LogP contribution in [0, 0.1) is 13.8 Å². The van der Waals surface area contributed by atoms with Crippen molar-refractivity contribution in [3.05, 3.63) is 66.0 Å². The first-order chi connectivity index (χ1) is 15.6. The third kappa shape index (κ3) is 3.70. The van der Waals surface area contributed by atoms with E-state index in [1.807, 2.05) is 13.8 Å². The van der Waals surface area contributed by atoms with Crippen LogP contribution in [0.25, 0.3) is 16.7 Å². The molecule has 0 radical (unpaired) electrons. The van der Waals surface area contributed by atoms with Crippen LogP contribution in [0.1, 0.15) is 16.8 Å². The molecule has 3 heterocycles. The Morgan fingerprint density at radius 2 is 1.94 bits per heavy atom. The number of pyridine rings is 1. The molecule has 0 saturated carbocycles. The number of imidazole rings is 1. The van der Waals surface area contributed by atoms with Gasteiger partial charge in [0.1, 0.15) is 5.82 Å². The lowest BCUT2D eigenvalue weighted by atomic mass is 10.0. The molecule has 10 heteroatoms. The van der Waals surface area contributed by atoms with Crippen molar-refractivity contribution in [1.29, 1.82) is 0 Å². The molecule has 174 valence electrons. The maximum Gasteiger partial charge on any atom is 0.436 e. The monoisotopic (exact) mass is 458 g/mol. The highest BCUT2D eigenvalue weighted by Crippen LogP contribution is 2.49. The molecule has 4 rings (SSSR count). The Bertz CT molecular complexity index is 1250. The fourth-order valence-corrected chi connectivity index (χ4v) is 3.88. The van der Waals surface area contributed by atoms with E-state index in [2.05, 4.69) is 39.1 Å². The second-order valence-electron chi connectivity index (χ2n) is 7.94. The van der Waals surface area contributed by atoms with E-state index in [1.165, 1.54) is 0 Å². The molecule has 1 unspecified atom stereocenters. The zero-order valence-corrected chi connectivity index (χ0v) is 18.6. The number of fused-ring (bicyclic) bond motifs is 3. The zero-order chi connectivity index (χ0) is 24.0. The molecular weight excluding hydrogens is 433 g/mol. The quantitative estimate of drug-likeness (QED) is 0.452. The van der Waals surface area contributed by atoms with Gasteiger partial charge in [0.15, 0.2) is 0 Å². The Balaban J connectivity index is 1.78. The van der Waals surface area contributed by atoms with Crippen molar-refractivity contribution in [1.82, 2.24) is 19.9 Å². The largest absolute Gasteiger partial charge is 0.436 e.